The molecule has 2 aliphatic rings. The van der Waals surface area contributed by atoms with Crippen molar-refractivity contribution in [2.45, 2.75) is 50.5 Å². The number of aryl methyl sites for hydroxylation is 1. The van der Waals surface area contributed by atoms with Gasteiger partial charge >= 0.3 is 0 Å². The van der Waals surface area contributed by atoms with Crippen LogP contribution in [0.4, 0.5) is 0 Å². The first kappa shape index (κ1) is 13.6. The molecule has 1 aromatic heterocycles. The standard InChI is InChI=1S/C16H25NOS/c1-17-15(11-12-5-8-18-9-6-12)13-3-2-4-16-14(13)7-10-19-16/h7,10,12-13,15,17H,2-6,8-9,11H2,1H3. The summed E-state index contributed by atoms with van der Waals surface area (Å²) >= 11 is 1.96. The molecule has 1 fully saturated rings. The quantitative estimate of drug-likeness (QED) is 0.909. The minimum atomic E-state index is 0.650. The molecule has 1 aromatic rings. The molecule has 2 atom stereocenters. The maximum atomic E-state index is 5.49. The number of fused-ring (bicyclic) bond motifs is 1. The highest BCUT2D eigenvalue weighted by Gasteiger charge is 2.30. The smallest absolute Gasteiger partial charge is 0.0468 e. The first-order chi connectivity index (χ1) is 9.38. The Hall–Kier alpha value is -0.380. The SMILES string of the molecule is CNC(CC1CCOCC1)C1CCCc2sccc21. The fourth-order valence-electron chi connectivity index (χ4n) is 3.76. The largest absolute Gasteiger partial charge is 0.381 e. The van der Waals surface area contributed by atoms with Crippen LogP contribution in [-0.4, -0.2) is 26.3 Å². The number of likely N-dealkylation sites (N-methyl/N-ethyl adjacent to an activating group) is 1. The molecule has 3 heteroatoms. The molecule has 2 nitrogen and oxygen atoms in total. The zero-order chi connectivity index (χ0) is 13.1. The van der Waals surface area contributed by atoms with E-state index in [1.54, 1.807) is 10.4 Å². The van der Waals surface area contributed by atoms with E-state index in [4.69, 9.17) is 4.74 Å². The summed E-state index contributed by atoms with van der Waals surface area (Å²) < 4.78 is 5.49. The van der Waals surface area contributed by atoms with Gasteiger partial charge in [-0.2, -0.15) is 0 Å². The normalized spacial score (nSPS) is 26.1. The highest BCUT2D eigenvalue weighted by molar-refractivity contribution is 7.10. The molecule has 1 N–H and O–H groups in total. The van der Waals surface area contributed by atoms with Gasteiger partial charge in [-0.05, 0) is 68.5 Å². The minimum Gasteiger partial charge on any atom is -0.381 e. The molecule has 0 amide bonds. The van der Waals surface area contributed by atoms with Crippen molar-refractivity contribution in [1.29, 1.82) is 0 Å². The Morgan fingerprint density at radius 2 is 2.21 bits per heavy atom. The highest BCUT2D eigenvalue weighted by Crippen LogP contribution is 2.39. The minimum absolute atomic E-state index is 0.650. The second-order valence-electron chi connectivity index (χ2n) is 5.98. The fraction of sp³-hybridized carbons (Fsp3) is 0.750. The molecular formula is C16H25NOS. The lowest BCUT2D eigenvalue weighted by atomic mass is 9.78. The summed E-state index contributed by atoms with van der Waals surface area (Å²) in [5.41, 5.74) is 1.64. The monoisotopic (exact) mass is 279 g/mol. The molecule has 2 heterocycles. The van der Waals surface area contributed by atoms with Crippen LogP contribution in [0.1, 0.15) is 48.5 Å². The number of rotatable bonds is 4. The van der Waals surface area contributed by atoms with Crippen LogP contribution in [0.25, 0.3) is 0 Å². The van der Waals surface area contributed by atoms with Crippen molar-refractivity contribution in [3.05, 3.63) is 21.9 Å². The molecule has 106 valence electrons. The number of hydrogen-bond donors (Lipinski definition) is 1. The van der Waals surface area contributed by atoms with Crippen LogP contribution in [-0.2, 0) is 11.2 Å². The van der Waals surface area contributed by atoms with Crippen molar-refractivity contribution in [1.82, 2.24) is 5.32 Å². The Labute approximate surface area is 120 Å². The lowest BCUT2D eigenvalue weighted by Gasteiger charge is -2.34. The average Bonchev–Trinajstić information content (AvgIpc) is 2.94. The van der Waals surface area contributed by atoms with Gasteiger partial charge in [0.05, 0.1) is 0 Å². The Morgan fingerprint density at radius 1 is 1.37 bits per heavy atom. The van der Waals surface area contributed by atoms with Gasteiger partial charge in [0.25, 0.3) is 0 Å². The van der Waals surface area contributed by atoms with Gasteiger partial charge in [-0.3, -0.25) is 0 Å². The summed E-state index contributed by atoms with van der Waals surface area (Å²) in [5.74, 6) is 1.60. The van der Waals surface area contributed by atoms with Gasteiger partial charge in [0.15, 0.2) is 0 Å². The van der Waals surface area contributed by atoms with Gasteiger partial charge in [0.2, 0.25) is 0 Å². The van der Waals surface area contributed by atoms with Crippen LogP contribution in [0.3, 0.4) is 0 Å². The van der Waals surface area contributed by atoms with Crippen LogP contribution in [0.15, 0.2) is 11.4 Å². The zero-order valence-electron chi connectivity index (χ0n) is 11.9. The average molecular weight is 279 g/mol. The molecule has 19 heavy (non-hydrogen) atoms. The predicted molar refractivity (Wildman–Crippen MR) is 81.0 cm³/mol. The van der Waals surface area contributed by atoms with Crippen LogP contribution < -0.4 is 5.32 Å². The lowest BCUT2D eigenvalue weighted by molar-refractivity contribution is 0.0595. The molecule has 0 radical (unpaired) electrons. The van der Waals surface area contributed by atoms with Crippen LogP contribution in [0.5, 0.6) is 0 Å². The van der Waals surface area contributed by atoms with Crippen molar-refractivity contribution in [2.75, 3.05) is 20.3 Å². The van der Waals surface area contributed by atoms with E-state index in [0.717, 1.165) is 25.0 Å². The van der Waals surface area contributed by atoms with Crippen molar-refractivity contribution in [2.24, 2.45) is 5.92 Å². The van der Waals surface area contributed by atoms with E-state index < -0.39 is 0 Å². The van der Waals surface area contributed by atoms with E-state index in [0.29, 0.717) is 6.04 Å². The van der Waals surface area contributed by atoms with Crippen molar-refractivity contribution < 1.29 is 4.74 Å². The van der Waals surface area contributed by atoms with Crippen LogP contribution >= 0.6 is 11.3 Å². The predicted octanol–water partition coefficient (Wildman–Crippen LogP) is 3.57. The third kappa shape index (κ3) is 3.04. The molecule has 2 unspecified atom stereocenters. The number of nitrogens with one attached hydrogen (secondary N) is 1. The molecule has 1 aliphatic heterocycles. The van der Waals surface area contributed by atoms with Crippen molar-refractivity contribution >= 4 is 11.3 Å². The van der Waals surface area contributed by atoms with E-state index in [1.807, 2.05) is 11.3 Å². The maximum Gasteiger partial charge on any atom is 0.0468 e. The number of ether oxygens (including phenoxy) is 1. The first-order valence-electron chi connectivity index (χ1n) is 7.69. The van der Waals surface area contributed by atoms with Gasteiger partial charge in [-0.25, -0.2) is 0 Å². The van der Waals surface area contributed by atoms with Gasteiger partial charge in [-0.15, -0.1) is 11.3 Å². The summed E-state index contributed by atoms with van der Waals surface area (Å²) in [6.45, 7) is 1.94. The Bertz CT molecular complexity index is 397. The second-order valence-corrected chi connectivity index (χ2v) is 6.99. The zero-order valence-corrected chi connectivity index (χ0v) is 12.7. The molecule has 0 bridgehead atoms. The second kappa shape index (κ2) is 6.38. The summed E-state index contributed by atoms with van der Waals surface area (Å²) in [4.78, 5) is 1.64. The highest BCUT2D eigenvalue weighted by atomic mass is 32.1. The molecule has 0 saturated carbocycles. The Morgan fingerprint density at radius 3 is 3.00 bits per heavy atom. The van der Waals surface area contributed by atoms with Gasteiger partial charge < -0.3 is 10.1 Å². The van der Waals surface area contributed by atoms with Crippen molar-refractivity contribution in [3.8, 4) is 0 Å². The molecular weight excluding hydrogens is 254 g/mol. The Balaban J connectivity index is 1.69. The van der Waals surface area contributed by atoms with Gasteiger partial charge in [-0.1, -0.05) is 0 Å². The Kier molecular flexibility index (Phi) is 4.57. The van der Waals surface area contributed by atoms with Crippen LogP contribution in [0, 0.1) is 5.92 Å². The summed E-state index contributed by atoms with van der Waals surface area (Å²) in [5, 5.41) is 5.90. The molecule has 3 rings (SSSR count). The molecule has 0 spiro atoms. The number of thiophene rings is 1. The summed E-state index contributed by atoms with van der Waals surface area (Å²) in [6, 6.07) is 3.02. The first-order valence-corrected chi connectivity index (χ1v) is 8.57. The molecule has 1 aliphatic carbocycles. The van der Waals surface area contributed by atoms with E-state index in [9.17, 15) is 0 Å². The molecule has 1 saturated heterocycles. The number of hydrogen-bond acceptors (Lipinski definition) is 3. The van der Waals surface area contributed by atoms with Crippen molar-refractivity contribution in [3.63, 3.8) is 0 Å². The molecule has 0 aromatic carbocycles. The van der Waals surface area contributed by atoms with E-state index in [2.05, 4.69) is 23.8 Å². The summed E-state index contributed by atoms with van der Waals surface area (Å²) in [7, 11) is 2.14. The maximum absolute atomic E-state index is 5.49. The van der Waals surface area contributed by atoms with Gasteiger partial charge in [0, 0.05) is 30.1 Å². The van der Waals surface area contributed by atoms with E-state index in [-0.39, 0.29) is 0 Å². The fourth-order valence-corrected chi connectivity index (χ4v) is 4.76. The summed E-state index contributed by atoms with van der Waals surface area (Å²) in [6.07, 6.45) is 7.85. The topological polar surface area (TPSA) is 21.3 Å². The lowest BCUT2D eigenvalue weighted by Crippen LogP contribution is -2.36. The van der Waals surface area contributed by atoms with Gasteiger partial charge in [0.1, 0.15) is 0 Å². The third-order valence-electron chi connectivity index (χ3n) is 4.88. The van der Waals surface area contributed by atoms with E-state index >= 15 is 0 Å². The van der Waals surface area contributed by atoms with Crippen LogP contribution in [0.2, 0.25) is 0 Å². The third-order valence-corrected chi connectivity index (χ3v) is 5.88. The van der Waals surface area contributed by atoms with E-state index in [1.165, 1.54) is 38.5 Å².